The Hall–Kier alpha value is -2.40. The van der Waals surface area contributed by atoms with E-state index in [0.717, 1.165) is 13.0 Å². The fourth-order valence-electron chi connectivity index (χ4n) is 4.73. The van der Waals surface area contributed by atoms with E-state index in [9.17, 15) is 0 Å². The highest BCUT2D eigenvalue weighted by atomic mass is 15.1. The lowest BCUT2D eigenvalue weighted by atomic mass is 9.94. The third-order valence-electron chi connectivity index (χ3n) is 6.42. The van der Waals surface area contributed by atoms with Crippen LogP contribution in [0.1, 0.15) is 50.2 Å². The van der Waals surface area contributed by atoms with Crippen LogP contribution in [0.5, 0.6) is 0 Å². The number of terminal acetylenes is 1. The van der Waals surface area contributed by atoms with Gasteiger partial charge in [0.2, 0.25) is 0 Å². The van der Waals surface area contributed by atoms with E-state index in [-0.39, 0.29) is 0 Å². The smallest absolute Gasteiger partial charge is 0.0791 e. The Morgan fingerprint density at radius 1 is 0.963 bits per heavy atom. The second-order valence-corrected chi connectivity index (χ2v) is 7.98. The van der Waals surface area contributed by atoms with Gasteiger partial charge < -0.3 is 9.80 Å². The van der Waals surface area contributed by atoms with Crippen molar-refractivity contribution in [2.75, 3.05) is 29.9 Å². The standard InChI is InChI=1S/C25H30N2/c1-4-15-27(5-2)23-14-12-20-16-19-11-13-22(17-24(19)25(20)18-23)26(3)21-9-7-6-8-10-21/h1,11-14,17-18,21H,5-10,15-16H2,2-3H3. The van der Waals surface area contributed by atoms with E-state index in [4.69, 9.17) is 6.42 Å². The fourth-order valence-corrected chi connectivity index (χ4v) is 4.73. The minimum Gasteiger partial charge on any atom is -0.372 e. The Morgan fingerprint density at radius 2 is 1.59 bits per heavy atom. The molecule has 2 aromatic carbocycles. The largest absolute Gasteiger partial charge is 0.372 e. The average Bonchev–Trinajstić information content (AvgIpc) is 3.09. The van der Waals surface area contributed by atoms with Gasteiger partial charge in [-0.15, -0.1) is 6.42 Å². The summed E-state index contributed by atoms with van der Waals surface area (Å²) in [7, 11) is 2.27. The van der Waals surface area contributed by atoms with Gasteiger partial charge in [0.1, 0.15) is 0 Å². The lowest BCUT2D eigenvalue weighted by molar-refractivity contribution is 0.427. The van der Waals surface area contributed by atoms with E-state index in [2.05, 4.69) is 66.1 Å². The molecule has 0 unspecified atom stereocenters. The molecule has 27 heavy (non-hydrogen) atoms. The maximum Gasteiger partial charge on any atom is 0.0791 e. The zero-order valence-electron chi connectivity index (χ0n) is 16.7. The molecule has 0 saturated heterocycles. The van der Waals surface area contributed by atoms with Crippen molar-refractivity contribution in [3.63, 3.8) is 0 Å². The third kappa shape index (κ3) is 3.44. The van der Waals surface area contributed by atoms with Crippen LogP contribution in [0.4, 0.5) is 11.4 Å². The molecule has 2 aromatic rings. The summed E-state index contributed by atoms with van der Waals surface area (Å²) in [5.74, 6) is 2.78. The first-order chi connectivity index (χ1) is 13.2. The minimum absolute atomic E-state index is 0.659. The summed E-state index contributed by atoms with van der Waals surface area (Å²) in [4.78, 5) is 4.77. The highest BCUT2D eigenvalue weighted by molar-refractivity contribution is 5.82. The molecule has 0 spiro atoms. The highest BCUT2D eigenvalue weighted by Crippen LogP contribution is 2.41. The van der Waals surface area contributed by atoms with Crippen molar-refractivity contribution in [2.45, 2.75) is 51.5 Å². The normalized spacial score (nSPS) is 15.7. The number of nitrogens with zero attached hydrogens (tertiary/aromatic N) is 2. The van der Waals surface area contributed by atoms with Crippen LogP contribution in [-0.4, -0.2) is 26.2 Å². The molecule has 0 aliphatic heterocycles. The molecule has 0 amide bonds. The van der Waals surface area contributed by atoms with Crippen molar-refractivity contribution < 1.29 is 0 Å². The second-order valence-electron chi connectivity index (χ2n) is 7.98. The minimum atomic E-state index is 0.659. The molecular weight excluding hydrogens is 328 g/mol. The van der Waals surface area contributed by atoms with Crippen molar-refractivity contribution >= 4 is 11.4 Å². The molecule has 0 radical (unpaired) electrons. The Labute approximate surface area is 164 Å². The van der Waals surface area contributed by atoms with Crippen LogP contribution in [0.3, 0.4) is 0 Å². The molecule has 0 bridgehead atoms. The van der Waals surface area contributed by atoms with Gasteiger partial charge in [-0.3, -0.25) is 0 Å². The molecule has 2 aliphatic carbocycles. The summed E-state index contributed by atoms with van der Waals surface area (Å²) in [6.07, 6.45) is 13.4. The van der Waals surface area contributed by atoms with Gasteiger partial charge in [-0.25, -0.2) is 0 Å². The van der Waals surface area contributed by atoms with Crippen molar-refractivity contribution in [3.8, 4) is 23.5 Å². The van der Waals surface area contributed by atoms with Gasteiger partial charge in [-0.2, -0.15) is 0 Å². The quantitative estimate of drug-likeness (QED) is 0.557. The third-order valence-corrected chi connectivity index (χ3v) is 6.42. The van der Waals surface area contributed by atoms with Crippen molar-refractivity contribution in [1.29, 1.82) is 0 Å². The molecule has 0 heterocycles. The maximum absolute atomic E-state index is 5.56. The molecule has 1 saturated carbocycles. The van der Waals surface area contributed by atoms with E-state index in [1.54, 1.807) is 0 Å². The van der Waals surface area contributed by atoms with Crippen LogP contribution >= 0.6 is 0 Å². The summed E-state index contributed by atoms with van der Waals surface area (Å²) in [6.45, 7) is 3.75. The molecule has 140 valence electrons. The van der Waals surface area contributed by atoms with Crippen LogP contribution in [0.2, 0.25) is 0 Å². The zero-order valence-corrected chi connectivity index (χ0v) is 16.7. The van der Waals surface area contributed by atoms with Crippen LogP contribution < -0.4 is 9.80 Å². The van der Waals surface area contributed by atoms with E-state index in [1.807, 2.05) is 0 Å². The monoisotopic (exact) mass is 358 g/mol. The number of rotatable bonds is 5. The van der Waals surface area contributed by atoms with Crippen LogP contribution in [0.25, 0.3) is 11.1 Å². The summed E-state index contributed by atoms with van der Waals surface area (Å²) in [5.41, 5.74) is 8.26. The van der Waals surface area contributed by atoms with E-state index >= 15 is 0 Å². The Bertz CT molecular complexity index is 855. The van der Waals surface area contributed by atoms with Gasteiger partial charge in [0.05, 0.1) is 6.54 Å². The Morgan fingerprint density at radius 3 is 2.22 bits per heavy atom. The lowest BCUT2D eigenvalue weighted by Crippen LogP contribution is -2.33. The first-order valence-electron chi connectivity index (χ1n) is 10.4. The van der Waals surface area contributed by atoms with Crippen LogP contribution in [0, 0.1) is 12.3 Å². The van der Waals surface area contributed by atoms with Crippen LogP contribution in [0.15, 0.2) is 36.4 Å². The first-order valence-corrected chi connectivity index (χ1v) is 10.4. The van der Waals surface area contributed by atoms with Gasteiger partial charge in [0.15, 0.2) is 0 Å². The van der Waals surface area contributed by atoms with Crippen molar-refractivity contribution in [1.82, 2.24) is 0 Å². The van der Waals surface area contributed by atoms with Crippen molar-refractivity contribution in [3.05, 3.63) is 47.5 Å². The summed E-state index contributed by atoms with van der Waals surface area (Å²) < 4.78 is 0. The summed E-state index contributed by atoms with van der Waals surface area (Å²) in [6, 6.07) is 14.6. The Kier molecular flexibility index (Phi) is 5.12. The van der Waals surface area contributed by atoms with Crippen LogP contribution in [-0.2, 0) is 6.42 Å². The van der Waals surface area contributed by atoms with E-state index in [0.29, 0.717) is 12.6 Å². The van der Waals surface area contributed by atoms with E-state index < -0.39 is 0 Å². The molecule has 0 N–H and O–H groups in total. The molecule has 4 rings (SSSR count). The lowest BCUT2D eigenvalue weighted by Gasteiger charge is -2.33. The molecule has 0 atom stereocenters. The van der Waals surface area contributed by atoms with Gasteiger partial charge in [0, 0.05) is 31.0 Å². The average molecular weight is 359 g/mol. The van der Waals surface area contributed by atoms with Crippen molar-refractivity contribution in [2.24, 2.45) is 0 Å². The predicted octanol–water partition coefficient (Wildman–Crippen LogP) is 5.49. The molecule has 0 aromatic heterocycles. The molecule has 2 nitrogen and oxygen atoms in total. The summed E-state index contributed by atoms with van der Waals surface area (Å²) >= 11 is 0. The number of benzene rings is 2. The first kappa shape index (κ1) is 18.0. The fraction of sp³-hybridized carbons (Fsp3) is 0.440. The molecule has 2 heteroatoms. The highest BCUT2D eigenvalue weighted by Gasteiger charge is 2.23. The SMILES string of the molecule is C#CCN(CC)c1ccc2c(c1)-c1cc(N(C)C3CCCCC3)ccc1C2. The number of hydrogen-bond donors (Lipinski definition) is 0. The summed E-state index contributed by atoms with van der Waals surface area (Å²) in [5, 5.41) is 0. The van der Waals surface area contributed by atoms with Gasteiger partial charge >= 0.3 is 0 Å². The zero-order chi connectivity index (χ0) is 18.8. The maximum atomic E-state index is 5.56. The number of fused-ring (bicyclic) bond motifs is 3. The topological polar surface area (TPSA) is 6.48 Å². The number of hydrogen-bond acceptors (Lipinski definition) is 2. The predicted molar refractivity (Wildman–Crippen MR) is 117 cm³/mol. The van der Waals surface area contributed by atoms with E-state index in [1.165, 1.54) is 65.7 Å². The second kappa shape index (κ2) is 7.69. The molecule has 1 fully saturated rings. The van der Waals surface area contributed by atoms with Gasteiger partial charge in [-0.1, -0.05) is 37.3 Å². The van der Waals surface area contributed by atoms with Gasteiger partial charge in [-0.05, 0) is 72.7 Å². The molecular formula is C25H30N2. The Balaban J connectivity index is 1.66. The van der Waals surface area contributed by atoms with Gasteiger partial charge in [0.25, 0.3) is 0 Å². The number of anilines is 2. The molecule has 2 aliphatic rings.